The van der Waals surface area contributed by atoms with Crippen molar-refractivity contribution in [2.45, 2.75) is 19.9 Å². The Balaban J connectivity index is 1.81. The quantitative estimate of drug-likeness (QED) is 0.139. The summed E-state index contributed by atoms with van der Waals surface area (Å²) < 4.78 is 13.5. The Bertz CT molecular complexity index is 1150. The molecule has 1 N–H and O–H groups in total. The number of ether oxygens (including phenoxy) is 2. The van der Waals surface area contributed by atoms with Gasteiger partial charge in [-0.15, -0.1) is 0 Å². The second kappa shape index (κ2) is 11.5. The molecule has 8 nitrogen and oxygen atoms in total. The van der Waals surface area contributed by atoms with E-state index in [0.29, 0.717) is 29.7 Å². The summed E-state index contributed by atoms with van der Waals surface area (Å²) in [5, 5.41) is 2.62. The van der Waals surface area contributed by atoms with Crippen LogP contribution in [0.4, 0.5) is 5.69 Å². The van der Waals surface area contributed by atoms with Crippen LogP contribution in [0.2, 0.25) is 0 Å². The van der Waals surface area contributed by atoms with Crippen molar-refractivity contribution < 1.29 is 28.7 Å². The lowest BCUT2D eigenvalue weighted by Gasteiger charge is -2.27. The highest BCUT2D eigenvalue weighted by Crippen LogP contribution is 2.39. The van der Waals surface area contributed by atoms with E-state index >= 15 is 0 Å². The molecule has 3 amide bonds. The van der Waals surface area contributed by atoms with Crippen molar-refractivity contribution in [3.05, 3.63) is 49.7 Å². The Kier molecular flexibility index (Phi) is 9.43. The summed E-state index contributed by atoms with van der Waals surface area (Å²) in [6.07, 6.45) is 0. The number of anilines is 1. The smallest absolute Gasteiger partial charge is 0.330 e. The van der Waals surface area contributed by atoms with E-state index in [4.69, 9.17) is 9.47 Å². The first-order valence-electron chi connectivity index (χ1n) is 9.84. The second-order valence-corrected chi connectivity index (χ2v) is 11.8. The van der Waals surface area contributed by atoms with E-state index in [0.717, 1.165) is 12.0 Å². The van der Waals surface area contributed by atoms with Gasteiger partial charge in [-0.2, -0.15) is 0 Å². The average molecular weight is 914 g/mol. The van der Waals surface area contributed by atoms with E-state index in [-0.39, 0.29) is 0 Å². The van der Waals surface area contributed by atoms with Gasteiger partial charge in [0.15, 0.2) is 6.61 Å². The molecule has 0 aliphatic carbocycles. The van der Waals surface area contributed by atoms with Crippen LogP contribution < -0.4 is 10.1 Å². The predicted octanol–water partition coefficient (Wildman–Crippen LogP) is 4.92. The zero-order valence-electron chi connectivity index (χ0n) is 18.1. The summed E-state index contributed by atoms with van der Waals surface area (Å²) in [6, 6.07) is 5.65. The number of amides is 3. The molecule has 0 unspecified atom stereocenters. The van der Waals surface area contributed by atoms with Gasteiger partial charge in [0, 0.05) is 14.3 Å². The van der Waals surface area contributed by atoms with E-state index in [1.165, 1.54) is 7.11 Å². The monoisotopic (exact) mass is 914 g/mol. The van der Waals surface area contributed by atoms with Crippen molar-refractivity contribution in [3.8, 4) is 5.75 Å². The summed E-state index contributed by atoms with van der Waals surface area (Å²) in [6.45, 7) is 2.86. The first kappa shape index (κ1) is 27.8. The van der Waals surface area contributed by atoms with Gasteiger partial charge in [0.05, 0.1) is 23.9 Å². The van der Waals surface area contributed by atoms with Crippen molar-refractivity contribution in [2.24, 2.45) is 5.92 Å². The number of methoxy groups -OCH3 is 1. The van der Waals surface area contributed by atoms with Gasteiger partial charge in [0.2, 0.25) is 0 Å². The maximum absolute atomic E-state index is 13.3. The largest absolute Gasteiger partial charge is 0.495 e. The molecule has 0 radical (unpaired) electrons. The third kappa shape index (κ3) is 5.33. The molecule has 3 rings (SSSR count). The Morgan fingerprint density at radius 1 is 0.941 bits per heavy atom. The highest BCUT2D eigenvalue weighted by molar-refractivity contribution is 14.1. The Labute approximate surface area is 250 Å². The molecule has 1 atom stereocenters. The van der Waals surface area contributed by atoms with Gasteiger partial charge in [-0.3, -0.25) is 19.3 Å². The van der Waals surface area contributed by atoms with Gasteiger partial charge in [-0.1, -0.05) is 26.0 Å². The molecule has 2 aromatic carbocycles. The molecular formula is C22H18I4N2O6. The molecular weight excluding hydrogens is 896 g/mol. The molecule has 0 saturated heterocycles. The van der Waals surface area contributed by atoms with Crippen LogP contribution in [-0.2, 0) is 14.3 Å². The van der Waals surface area contributed by atoms with Crippen molar-refractivity contribution in [2.75, 3.05) is 19.0 Å². The van der Waals surface area contributed by atoms with Crippen LogP contribution >= 0.6 is 90.4 Å². The number of rotatable bonds is 7. The van der Waals surface area contributed by atoms with Gasteiger partial charge in [-0.05, 0) is 108 Å². The first-order chi connectivity index (χ1) is 16.0. The van der Waals surface area contributed by atoms with Crippen LogP contribution in [0.3, 0.4) is 0 Å². The maximum atomic E-state index is 13.3. The Morgan fingerprint density at radius 2 is 1.47 bits per heavy atom. The fourth-order valence-electron chi connectivity index (χ4n) is 3.45. The molecule has 0 spiro atoms. The number of hydrogen-bond donors (Lipinski definition) is 1. The van der Waals surface area contributed by atoms with Crippen LogP contribution in [0.5, 0.6) is 5.75 Å². The lowest BCUT2D eigenvalue weighted by atomic mass is 10.0. The minimum Gasteiger partial charge on any atom is -0.495 e. The Hall–Kier alpha value is -0.760. The number of carbonyl (C=O) groups is 4. The highest BCUT2D eigenvalue weighted by Gasteiger charge is 2.47. The molecule has 180 valence electrons. The number of nitrogens with one attached hydrogen (secondary N) is 1. The molecule has 0 aromatic heterocycles. The number of imide groups is 1. The number of fused-ring (bicyclic) bond motifs is 1. The first-order valence-corrected chi connectivity index (χ1v) is 14.2. The molecule has 1 heterocycles. The summed E-state index contributed by atoms with van der Waals surface area (Å²) >= 11 is 8.39. The van der Waals surface area contributed by atoms with Crippen LogP contribution in [0.15, 0.2) is 24.3 Å². The van der Waals surface area contributed by atoms with E-state index in [2.05, 4.69) is 95.7 Å². The molecule has 0 fully saturated rings. The van der Waals surface area contributed by atoms with Gasteiger partial charge in [0.25, 0.3) is 17.7 Å². The Morgan fingerprint density at radius 3 is 1.97 bits per heavy atom. The number of benzene rings is 2. The van der Waals surface area contributed by atoms with E-state index < -0.39 is 42.3 Å². The second-order valence-electron chi connectivity index (χ2n) is 7.53. The summed E-state index contributed by atoms with van der Waals surface area (Å²) in [5.74, 6) is -2.44. The van der Waals surface area contributed by atoms with E-state index in [9.17, 15) is 19.2 Å². The van der Waals surface area contributed by atoms with Gasteiger partial charge < -0.3 is 14.8 Å². The van der Waals surface area contributed by atoms with Crippen LogP contribution in [0.1, 0.15) is 34.6 Å². The number of carbonyl (C=O) groups excluding carboxylic acids is 4. The van der Waals surface area contributed by atoms with Crippen molar-refractivity contribution in [3.63, 3.8) is 0 Å². The molecule has 34 heavy (non-hydrogen) atoms. The molecule has 0 saturated carbocycles. The van der Waals surface area contributed by atoms with Gasteiger partial charge in [-0.25, -0.2) is 4.79 Å². The normalized spacial score (nSPS) is 13.7. The zero-order valence-corrected chi connectivity index (χ0v) is 26.7. The van der Waals surface area contributed by atoms with Gasteiger partial charge in [0.1, 0.15) is 11.8 Å². The van der Waals surface area contributed by atoms with Crippen molar-refractivity contribution in [1.82, 2.24) is 4.90 Å². The highest BCUT2D eigenvalue weighted by atomic mass is 127. The number of para-hydroxylation sites is 2. The van der Waals surface area contributed by atoms with Crippen LogP contribution in [-0.4, -0.2) is 48.3 Å². The standard InChI is InChI=1S/C22H18I4N2O6/c1-9(2)19(22(32)34-8-12(29)27-10-6-4-5-7-11(10)33-3)28-20(30)13-14(21(28)31)16(24)18(26)17(25)15(13)23/h4-7,9,19H,8H2,1-3H3,(H,27,29)/t19-/m1/s1. The van der Waals surface area contributed by atoms with Gasteiger partial charge >= 0.3 is 5.97 Å². The third-order valence-electron chi connectivity index (χ3n) is 5.01. The van der Waals surface area contributed by atoms with Crippen molar-refractivity contribution >= 4 is 120 Å². The molecule has 1 aliphatic heterocycles. The van der Waals surface area contributed by atoms with Crippen LogP contribution in [0.25, 0.3) is 0 Å². The average Bonchev–Trinajstić information content (AvgIpc) is 3.05. The molecule has 12 heteroatoms. The third-order valence-corrected chi connectivity index (χ3v) is 12.4. The number of hydrogen-bond acceptors (Lipinski definition) is 6. The summed E-state index contributed by atoms with van der Waals surface area (Å²) in [5.41, 5.74) is 1.03. The number of nitrogens with zero attached hydrogens (tertiary/aromatic N) is 1. The minimum atomic E-state index is -1.17. The lowest BCUT2D eigenvalue weighted by Crippen LogP contribution is -2.49. The van der Waals surface area contributed by atoms with Crippen LogP contribution in [0, 0.1) is 20.2 Å². The molecule has 2 aromatic rings. The summed E-state index contributed by atoms with van der Waals surface area (Å²) in [7, 11) is 1.48. The topological polar surface area (TPSA) is 102 Å². The SMILES string of the molecule is COc1ccccc1NC(=O)COC(=O)[C@@H](C(C)C)N1C(=O)c2c(I)c(I)c(I)c(I)c2C1=O. The number of halogens is 4. The molecule has 1 aliphatic rings. The predicted molar refractivity (Wildman–Crippen MR) is 159 cm³/mol. The van der Waals surface area contributed by atoms with E-state index in [1.54, 1.807) is 38.1 Å². The number of esters is 1. The zero-order chi connectivity index (χ0) is 25.3. The fourth-order valence-corrected chi connectivity index (χ4v) is 7.10. The fraction of sp³-hybridized carbons (Fsp3) is 0.273. The summed E-state index contributed by atoms with van der Waals surface area (Å²) in [4.78, 5) is 53.0. The maximum Gasteiger partial charge on any atom is 0.330 e. The van der Waals surface area contributed by atoms with Crippen molar-refractivity contribution in [1.29, 1.82) is 0 Å². The lowest BCUT2D eigenvalue weighted by molar-refractivity contribution is -0.152. The van der Waals surface area contributed by atoms with E-state index in [1.807, 2.05) is 0 Å². The molecule has 0 bridgehead atoms. The minimum absolute atomic E-state index is 0.298.